The summed E-state index contributed by atoms with van der Waals surface area (Å²) in [6.07, 6.45) is 1.46. The summed E-state index contributed by atoms with van der Waals surface area (Å²) in [5.74, 6) is 6.61. The number of hydrazine groups is 1. The number of hydrogen-bond donors (Lipinski definition) is 3. The topological polar surface area (TPSA) is 75.9 Å². The average Bonchev–Trinajstić information content (AvgIpc) is 2.38. The minimum atomic E-state index is 0.553. The molecule has 0 aliphatic heterocycles. The van der Waals surface area contributed by atoms with Crippen molar-refractivity contribution in [1.82, 2.24) is 9.97 Å². The highest BCUT2D eigenvalue weighted by atomic mass is 79.9. The van der Waals surface area contributed by atoms with Gasteiger partial charge in [-0.15, -0.1) is 0 Å². The Morgan fingerprint density at radius 1 is 1.28 bits per heavy atom. The fraction of sp³-hybridized carbons (Fsp3) is 0.167. The highest BCUT2D eigenvalue weighted by Crippen LogP contribution is 2.25. The molecule has 5 nitrogen and oxygen atoms in total. The molecule has 6 heteroatoms. The normalized spacial score (nSPS) is 10.2. The maximum atomic E-state index is 5.35. The van der Waals surface area contributed by atoms with Crippen LogP contribution < -0.4 is 16.6 Å². The first-order valence-electron chi connectivity index (χ1n) is 5.47. The minimum Gasteiger partial charge on any atom is -0.365 e. The maximum Gasteiger partial charge on any atom is 0.159 e. The van der Waals surface area contributed by atoms with Gasteiger partial charge in [0.15, 0.2) is 5.82 Å². The van der Waals surface area contributed by atoms with Crippen LogP contribution in [0.4, 0.5) is 11.6 Å². The molecule has 2 aromatic rings. The average molecular weight is 308 g/mol. The van der Waals surface area contributed by atoms with Gasteiger partial charge in [-0.1, -0.05) is 29.8 Å². The lowest BCUT2D eigenvalue weighted by molar-refractivity contribution is 1.06. The third-order valence-electron chi connectivity index (χ3n) is 2.47. The second-order valence-electron chi connectivity index (χ2n) is 3.87. The Morgan fingerprint density at radius 2 is 2.06 bits per heavy atom. The van der Waals surface area contributed by atoms with Gasteiger partial charge < -0.3 is 10.7 Å². The first-order chi connectivity index (χ1) is 8.70. The van der Waals surface area contributed by atoms with Crippen molar-refractivity contribution in [2.45, 2.75) is 13.5 Å². The lowest BCUT2D eigenvalue weighted by Gasteiger charge is -2.10. The van der Waals surface area contributed by atoms with Crippen molar-refractivity contribution < 1.29 is 0 Å². The molecule has 0 saturated carbocycles. The highest BCUT2D eigenvalue weighted by Gasteiger charge is 2.06. The van der Waals surface area contributed by atoms with Gasteiger partial charge in [-0.2, -0.15) is 0 Å². The molecule has 2 rings (SSSR count). The number of hydrogen-bond acceptors (Lipinski definition) is 5. The summed E-state index contributed by atoms with van der Waals surface area (Å²) in [6, 6.07) is 8.30. The minimum absolute atomic E-state index is 0.553. The quantitative estimate of drug-likeness (QED) is 0.597. The Hall–Kier alpha value is -1.66. The first-order valence-corrected chi connectivity index (χ1v) is 6.26. The summed E-state index contributed by atoms with van der Waals surface area (Å²) < 4.78 is 0.722. The summed E-state index contributed by atoms with van der Waals surface area (Å²) in [5.41, 5.74) is 4.94. The lowest BCUT2D eigenvalue weighted by Crippen LogP contribution is -2.11. The van der Waals surface area contributed by atoms with E-state index >= 15 is 0 Å². The molecule has 0 unspecified atom stereocenters. The van der Waals surface area contributed by atoms with E-state index in [0.29, 0.717) is 18.2 Å². The van der Waals surface area contributed by atoms with Crippen LogP contribution in [0.15, 0.2) is 35.1 Å². The summed E-state index contributed by atoms with van der Waals surface area (Å²) in [4.78, 5) is 8.15. The molecule has 18 heavy (non-hydrogen) atoms. The number of anilines is 2. The van der Waals surface area contributed by atoms with Crippen molar-refractivity contribution in [2.24, 2.45) is 5.84 Å². The Morgan fingerprint density at radius 3 is 2.78 bits per heavy atom. The molecule has 1 aromatic heterocycles. The third-order valence-corrected chi connectivity index (χ3v) is 3.22. The van der Waals surface area contributed by atoms with Crippen LogP contribution in [0.2, 0.25) is 0 Å². The monoisotopic (exact) mass is 307 g/mol. The van der Waals surface area contributed by atoms with Gasteiger partial charge in [0.2, 0.25) is 0 Å². The molecule has 0 aliphatic rings. The van der Waals surface area contributed by atoms with Gasteiger partial charge in [0.05, 0.1) is 0 Å². The van der Waals surface area contributed by atoms with Crippen LogP contribution in [0.5, 0.6) is 0 Å². The van der Waals surface area contributed by atoms with E-state index in [0.717, 1.165) is 4.47 Å². The number of nitrogens with one attached hydrogen (secondary N) is 2. The third kappa shape index (κ3) is 2.96. The van der Waals surface area contributed by atoms with Gasteiger partial charge >= 0.3 is 0 Å². The summed E-state index contributed by atoms with van der Waals surface area (Å²) in [6.45, 7) is 2.77. The van der Waals surface area contributed by atoms with E-state index < -0.39 is 0 Å². The number of benzene rings is 1. The lowest BCUT2D eigenvalue weighted by atomic mass is 10.1. The van der Waals surface area contributed by atoms with Gasteiger partial charge in [0.25, 0.3) is 0 Å². The largest absolute Gasteiger partial charge is 0.365 e. The van der Waals surface area contributed by atoms with E-state index in [1.807, 2.05) is 6.07 Å². The smallest absolute Gasteiger partial charge is 0.159 e. The predicted molar refractivity (Wildman–Crippen MR) is 76.0 cm³/mol. The van der Waals surface area contributed by atoms with Gasteiger partial charge in [0, 0.05) is 6.54 Å². The van der Waals surface area contributed by atoms with E-state index in [2.05, 4.69) is 61.8 Å². The van der Waals surface area contributed by atoms with E-state index in [1.165, 1.54) is 17.5 Å². The second-order valence-corrected chi connectivity index (χ2v) is 4.66. The zero-order chi connectivity index (χ0) is 13.0. The van der Waals surface area contributed by atoms with Gasteiger partial charge in [-0.05, 0) is 28.4 Å². The van der Waals surface area contributed by atoms with Crippen LogP contribution >= 0.6 is 15.9 Å². The Kier molecular flexibility index (Phi) is 4.11. The zero-order valence-corrected chi connectivity index (χ0v) is 11.5. The molecule has 0 aliphatic carbocycles. The SMILES string of the molecule is Cc1cccc(CNc2ncnc(NN)c2Br)c1. The molecule has 0 saturated heterocycles. The number of nitrogen functional groups attached to an aromatic ring is 1. The van der Waals surface area contributed by atoms with E-state index in [9.17, 15) is 0 Å². The van der Waals surface area contributed by atoms with Crippen molar-refractivity contribution in [3.8, 4) is 0 Å². The molecule has 1 aromatic carbocycles. The maximum absolute atomic E-state index is 5.35. The van der Waals surface area contributed by atoms with Crippen LogP contribution in [-0.4, -0.2) is 9.97 Å². The summed E-state index contributed by atoms with van der Waals surface area (Å²) >= 11 is 3.40. The number of halogens is 1. The Bertz CT molecular complexity index is 544. The van der Waals surface area contributed by atoms with Gasteiger partial charge in [-0.3, -0.25) is 0 Å². The molecule has 0 radical (unpaired) electrons. The van der Waals surface area contributed by atoms with E-state index in [4.69, 9.17) is 5.84 Å². The van der Waals surface area contributed by atoms with Crippen molar-refractivity contribution in [3.05, 3.63) is 46.2 Å². The molecule has 0 spiro atoms. The van der Waals surface area contributed by atoms with Crippen LogP contribution in [0.3, 0.4) is 0 Å². The number of nitrogens with zero attached hydrogens (tertiary/aromatic N) is 2. The summed E-state index contributed by atoms with van der Waals surface area (Å²) in [7, 11) is 0. The Balaban J connectivity index is 2.11. The van der Waals surface area contributed by atoms with Crippen LogP contribution in [0, 0.1) is 6.92 Å². The second kappa shape index (κ2) is 5.79. The molecule has 94 valence electrons. The van der Waals surface area contributed by atoms with E-state index in [1.54, 1.807) is 0 Å². The molecule has 4 N–H and O–H groups in total. The zero-order valence-electron chi connectivity index (χ0n) is 9.94. The van der Waals surface area contributed by atoms with Gasteiger partial charge in [-0.25, -0.2) is 15.8 Å². The van der Waals surface area contributed by atoms with Crippen molar-refractivity contribution in [3.63, 3.8) is 0 Å². The molecule has 0 fully saturated rings. The van der Waals surface area contributed by atoms with Crippen LogP contribution in [-0.2, 0) is 6.54 Å². The molecule has 0 bridgehead atoms. The Labute approximate surface area is 114 Å². The fourth-order valence-corrected chi connectivity index (χ4v) is 2.06. The first kappa shape index (κ1) is 12.8. The van der Waals surface area contributed by atoms with Crippen molar-refractivity contribution in [1.29, 1.82) is 0 Å². The molecular formula is C12H14BrN5. The number of aromatic nitrogens is 2. The number of aryl methyl sites for hydroxylation is 1. The molecule has 0 atom stereocenters. The highest BCUT2D eigenvalue weighted by molar-refractivity contribution is 9.10. The standard InChI is InChI=1S/C12H14BrN5/c1-8-3-2-4-9(5-8)6-15-11-10(13)12(18-14)17-7-16-11/h2-5,7H,6,14H2,1H3,(H2,15,16,17,18). The predicted octanol–water partition coefficient (Wildman–Crippen LogP) is 2.45. The number of nitrogens with two attached hydrogens (primary N) is 1. The number of rotatable bonds is 4. The van der Waals surface area contributed by atoms with Crippen LogP contribution in [0.1, 0.15) is 11.1 Å². The van der Waals surface area contributed by atoms with Gasteiger partial charge in [0.1, 0.15) is 16.6 Å². The van der Waals surface area contributed by atoms with E-state index in [-0.39, 0.29) is 0 Å². The molecule has 0 amide bonds. The van der Waals surface area contributed by atoms with Crippen molar-refractivity contribution >= 4 is 27.6 Å². The van der Waals surface area contributed by atoms with Crippen LogP contribution in [0.25, 0.3) is 0 Å². The molecular weight excluding hydrogens is 294 g/mol. The van der Waals surface area contributed by atoms with Crippen molar-refractivity contribution in [2.75, 3.05) is 10.7 Å². The molecule has 1 heterocycles. The fourth-order valence-electron chi connectivity index (χ4n) is 1.60. The summed E-state index contributed by atoms with van der Waals surface area (Å²) in [5, 5.41) is 3.24.